The van der Waals surface area contributed by atoms with Gasteiger partial charge in [-0.3, -0.25) is 30.0 Å². The van der Waals surface area contributed by atoms with Crippen LogP contribution in [0.3, 0.4) is 0 Å². The standard InChI is InChI=1S/C48H70N4O6/c1-5-9-13-25-35-47(57,36-26-14-10-6-2)45(55)49-51(39-29-19-17-20-30-39)43(53)41-33-23-24-34-42(41)44(54)52(40-31-21-18-22-32-40)50-46(56)48(58,37-27-15-11-7-3)38-28-16-12-8-4/h17-24,29-34,57-58H,5-16,25-28,35-38H2,1-4H3,(H,49,55)(H,50,56). The topological polar surface area (TPSA) is 139 Å². The maximum Gasteiger partial charge on any atom is 0.277 e. The van der Waals surface area contributed by atoms with Crippen LogP contribution in [0, 0.1) is 0 Å². The van der Waals surface area contributed by atoms with Gasteiger partial charge in [0.1, 0.15) is 11.2 Å². The summed E-state index contributed by atoms with van der Waals surface area (Å²) in [6, 6.07) is 23.5. The van der Waals surface area contributed by atoms with Gasteiger partial charge in [-0.15, -0.1) is 0 Å². The van der Waals surface area contributed by atoms with Gasteiger partial charge in [0.15, 0.2) is 0 Å². The fraction of sp³-hybridized carbons (Fsp3) is 0.542. The van der Waals surface area contributed by atoms with Gasteiger partial charge < -0.3 is 10.2 Å². The van der Waals surface area contributed by atoms with Crippen molar-refractivity contribution in [2.45, 2.75) is 167 Å². The molecule has 0 atom stereocenters. The van der Waals surface area contributed by atoms with Crippen LogP contribution in [0.15, 0.2) is 84.9 Å². The maximum absolute atomic E-state index is 14.7. The minimum atomic E-state index is -1.71. The van der Waals surface area contributed by atoms with Crippen molar-refractivity contribution in [3.05, 3.63) is 96.1 Å². The minimum Gasteiger partial charge on any atom is -0.380 e. The summed E-state index contributed by atoms with van der Waals surface area (Å²) in [6.45, 7) is 8.42. The van der Waals surface area contributed by atoms with Crippen molar-refractivity contribution < 1.29 is 29.4 Å². The second-order valence-corrected chi connectivity index (χ2v) is 15.7. The van der Waals surface area contributed by atoms with Crippen LogP contribution >= 0.6 is 0 Å². The van der Waals surface area contributed by atoms with Gasteiger partial charge >= 0.3 is 0 Å². The number of carbonyl (C=O) groups excluding carboxylic acids is 4. The highest BCUT2D eigenvalue weighted by molar-refractivity contribution is 6.17. The predicted molar refractivity (Wildman–Crippen MR) is 234 cm³/mol. The summed E-state index contributed by atoms with van der Waals surface area (Å²) >= 11 is 0. The Labute approximate surface area is 347 Å². The lowest BCUT2D eigenvalue weighted by atomic mass is 9.89. The van der Waals surface area contributed by atoms with E-state index in [1.54, 1.807) is 72.8 Å². The smallest absolute Gasteiger partial charge is 0.277 e. The summed E-state index contributed by atoms with van der Waals surface area (Å²) in [6.07, 6.45) is 15.2. The molecule has 0 saturated heterocycles. The Hall–Kier alpha value is -4.54. The van der Waals surface area contributed by atoms with Crippen molar-refractivity contribution in [1.29, 1.82) is 0 Å². The predicted octanol–water partition coefficient (Wildman–Crippen LogP) is 10.4. The molecule has 58 heavy (non-hydrogen) atoms. The number of carbonyl (C=O) groups is 4. The third kappa shape index (κ3) is 14.7. The zero-order valence-corrected chi connectivity index (χ0v) is 35.6. The molecule has 10 heteroatoms. The lowest BCUT2D eigenvalue weighted by Gasteiger charge is -2.33. The Bertz CT molecular complexity index is 1520. The highest BCUT2D eigenvalue weighted by Crippen LogP contribution is 2.28. The number of nitrogens with one attached hydrogen (secondary N) is 2. The molecule has 0 unspecified atom stereocenters. The van der Waals surface area contributed by atoms with Crippen LogP contribution in [-0.2, 0) is 9.59 Å². The van der Waals surface area contributed by atoms with Crippen molar-refractivity contribution >= 4 is 35.0 Å². The summed E-state index contributed by atoms with van der Waals surface area (Å²) in [4.78, 5) is 57.8. The number of hydrogen-bond donors (Lipinski definition) is 4. The summed E-state index contributed by atoms with van der Waals surface area (Å²) in [7, 11) is 0. The quantitative estimate of drug-likeness (QED) is 0.0471. The highest BCUT2D eigenvalue weighted by Gasteiger charge is 2.39. The van der Waals surface area contributed by atoms with E-state index in [9.17, 15) is 29.4 Å². The van der Waals surface area contributed by atoms with Crippen LogP contribution in [0.5, 0.6) is 0 Å². The van der Waals surface area contributed by atoms with Gasteiger partial charge in [-0.2, -0.15) is 0 Å². The fourth-order valence-corrected chi connectivity index (χ4v) is 7.21. The van der Waals surface area contributed by atoms with Gasteiger partial charge in [-0.05, 0) is 62.1 Å². The molecule has 318 valence electrons. The highest BCUT2D eigenvalue weighted by atomic mass is 16.3. The molecule has 4 N–H and O–H groups in total. The molecule has 0 aliphatic carbocycles. The third-order valence-electron chi connectivity index (χ3n) is 10.9. The van der Waals surface area contributed by atoms with E-state index in [-0.39, 0.29) is 36.8 Å². The number of rotatable bonds is 26. The first-order chi connectivity index (χ1) is 28.0. The molecule has 0 heterocycles. The number of amides is 4. The average molecular weight is 799 g/mol. The van der Waals surface area contributed by atoms with Crippen LogP contribution in [0.4, 0.5) is 11.4 Å². The third-order valence-corrected chi connectivity index (χ3v) is 10.9. The lowest BCUT2D eigenvalue weighted by molar-refractivity contribution is -0.142. The number of unbranched alkanes of at least 4 members (excludes halogenated alkanes) is 12. The number of hydrogen-bond acceptors (Lipinski definition) is 6. The Morgan fingerprint density at radius 1 is 0.431 bits per heavy atom. The monoisotopic (exact) mass is 799 g/mol. The maximum atomic E-state index is 14.7. The second-order valence-electron chi connectivity index (χ2n) is 15.7. The molecule has 0 fully saturated rings. The molecular weight excluding hydrogens is 729 g/mol. The van der Waals surface area contributed by atoms with Crippen molar-refractivity contribution in [3.63, 3.8) is 0 Å². The van der Waals surface area contributed by atoms with Crippen molar-refractivity contribution in [2.75, 3.05) is 10.0 Å². The van der Waals surface area contributed by atoms with E-state index in [1.807, 2.05) is 0 Å². The van der Waals surface area contributed by atoms with Gasteiger partial charge in [-0.1, -0.05) is 179 Å². The van der Waals surface area contributed by atoms with E-state index in [1.165, 1.54) is 12.1 Å². The van der Waals surface area contributed by atoms with E-state index in [4.69, 9.17) is 0 Å². The minimum absolute atomic E-state index is 0.0318. The summed E-state index contributed by atoms with van der Waals surface area (Å²) in [5.41, 5.74) is 2.72. The van der Waals surface area contributed by atoms with E-state index < -0.39 is 34.8 Å². The number of aliphatic hydroxyl groups is 2. The first-order valence-electron chi connectivity index (χ1n) is 22.0. The SMILES string of the molecule is CCCCCCC(O)(CCCCCC)C(=O)NN(C(=O)c1ccccc1C(=O)N(NC(=O)C(O)(CCCCCC)CCCCCC)c1ccccc1)c1ccccc1. The van der Waals surface area contributed by atoms with E-state index in [0.29, 0.717) is 37.1 Å². The van der Waals surface area contributed by atoms with Crippen molar-refractivity contribution in [1.82, 2.24) is 10.9 Å². The van der Waals surface area contributed by atoms with Gasteiger partial charge in [-0.25, -0.2) is 10.0 Å². The number of benzene rings is 3. The molecular formula is C48H70N4O6. The van der Waals surface area contributed by atoms with Crippen LogP contribution in [0.1, 0.15) is 177 Å². The average Bonchev–Trinajstić information content (AvgIpc) is 3.25. The number of hydrazine groups is 2. The van der Waals surface area contributed by atoms with Gasteiger partial charge in [0.2, 0.25) is 0 Å². The molecule has 0 aliphatic heterocycles. The Morgan fingerprint density at radius 2 is 0.707 bits per heavy atom. The molecule has 3 rings (SSSR count). The molecule has 0 aromatic heterocycles. The van der Waals surface area contributed by atoms with Crippen molar-refractivity contribution in [3.8, 4) is 0 Å². The molecule has 0 aliphatic rings. The zero-order chi connectivity index (χ0) is 42.2. The largest absolute Gasteiger partial charge is 0.380 e. The lowest BCUT2D eigenvalue weighted by Crippen LogP contribution is -2.56. The molecule has 4 amide bonds. The first kappa shape index (κ1) is 47.8. The van der Waals surface area contributed by atoms with Crippen molar-refractivity contribution in [2.24, 2.45) is 0 Å². The molecule has 0 radical (unpaired) electrons. The molecule has 0 spiro atoms. The second kappa shape index (κ2) is 25.7. The van der Waals surface area contributed by atoms with Crippen LogP contribution < -0.4 is 20.9 Å². The van der Waals surface area contributed by atoms with Gasteiger partial charge in [0.25, 0.3) is 23.6 Å². The normalized spacial score (nSPS) is 11.6. The zero-order valence-electron chi connectivity index (χ0n) is 35.6. The van der Waals surface area contributed by atoms with Gasteiger partial charge in [0, 0.05) is 0 Å². The van der Waals surface area contributed by atoms with Crippen LogP contribution in [0.2, 0.25) is 0 Å². The van der Waals surface area contributed by atoms with E-state index in [2.05, 4.69) is 38.5 Å². The number of para-hydroxylation sites is 2. The van der Waals surface area contributed by atoms with Crippen LogP contribution in [0.25, 0.3) is 0 Å². The van der Waals surface area contributed by atoms with E-state index >= 15 is 0 Å². The van der Waals surface area contributed by atoms with E-state index in [0.717, 1.165) is 87.1 Å². The molecule has 0 saturated carbocycles. The number of nitrogens with zero attached hydrogens (tertiary/aromatic N) is 2. The summed E-state index contributed by atoms with van der Waals surface area (Å²) in [5.74, 6) is -2.77. The fourth-order valence-electron chi connectivity index (χ4n) is 7.21. The Balaban J connectivity index is 2.02. The van der Waals surface area contributed by atoms with Gasteiger partial charge in [0.05, 0.1) is 22.5 Å². The summed E-state index contributed by atoms with van der Waals surface area (Å²) < 4.78 is 0. The molecule has 3 aromatic carbocycles. The Kier molecular flexibility index (Phi) is 21.2. The van der Waals surface area contributed by atoms with Crippen LogP contribution in [-0.4, -0.2) is 45.0 Å². The first-order valence-corrected chi connectivity index (χ1v) is 22.0. The molecule has 3 aromatic rings. The molecule has 0 bridgehead atoms. The molecule has 10 nitrogen and oxygen atoms in total. The summed E-state index contributed by atoms with van der Waals surface area (Å²) in [5, 5.41) is 26.0. The Morgan fingerprint density at radius 3 is 0.983 bits per heavy atom. The number of anilines is 2.